The van der Waals surface area contributed by atoms with E-state index in [1.165, 1.54) is 6.07 Å². The minimum absolute atomic E-state index is 0.132. The number of hydrogen-bond donors (Lipinski definition) is 2. The van der Waals surface area contributed by atoms with Crippen LogP contribution in [-0.2, 0) is 6.18 Å². The summed E-state index contributed by atoms with van der Waals surface area (Å²) >= 11 is 3.06. The van der Waals surface area contributed by atoms with Gasteiger partial charge in [0.2, 0.25) is 0 Å². The third kappa shape index (κ3) is 4.33. The minimum Gasteiger partial charge on any atom is -0.271 e. The van der Waals surface area contributed by atoms with E-state index in [1.54, 1.807) is 6.07 Å². The van der Waals surface area contributed by atoms with Gasteiger partial charge in [0.1, 0.15) is 0 Å². The van der Waals surface area contributed by atoms with Crippen LogP contribution >= 0.6 is 15.9 Å². The van der Waals surface area contributed by atoms with Gasteiger partial charge in [-0.1, -0.05) is 41.1 Å². The predicted molar refractivity (Wildman–Crippen MR) is 73.3 cm³/mol. The molecule has 1 aromatic rings. The highest BCUT2D eigenvalue weighted by atomic mass is 79.9. The summed E-state index contributed by atoms with van der Waals surface area (Å²) < 4.78 is 39.5. The summed E-state index contributed by atoms with van der Waals surface area (Å²) in [5.74, 6) is 5.39. The molecule has 0 aromatic heterocycles. The summed E-state index contributed by atoms with van der Waals surface area (Å²) in [5, 5.41) is 0. The molecular weight excluding hydrogens is 321 g/mol. The Morgan fingerprint density at radius 1 is 1.47 bits per heavy atom. The van der Waals surface area contributed by atoms with Crippen molar-refractivity contribution in [1.29, 1.82) is 0 Å². The molecule has 1 atom stereocenters. The fraction of sp³-hybridized carbons (Fsp3) is 0.385. The van der Waals surface area contributed by atoms with Crippen LogP contribution in [-0.4, -0.2) is 0 Å². The molecule has 6 heteroatoms. The molecule has 106 valence electrons. The molecule has 19 heavy (non-hydrogen) atoms. The van der Waals surface area contributed by atoms with Crippen molar-refractivity contribution in [3.63, 3.8) is 0 Å². The number of hydrogen-bond acceptors (Lipinski definition) is 2. The summed E-state index contributed by atoms with van der Waals surface area (Å²) in [7, 11) is 0. The van der Waals surface area contributed by atoms with Crippen LogP contribution in [0.15, 0.2) is 34.8 Å². The molecule has 1 aromatic carbocycles. The molecule has 0 saturated heterocycles. The maximum atomic E-state index is 13.0. The first kappa shape index (κ1) is 16.2. The number of halogens is 4. The number of nitrogens with two attached hydrogens (primary N) is 1. The number of benzene rings is 1. The van der Waals surface area contributed by atoms with Crippen molar-refractivity contribution < 1.29 is 13.2 Å². The van der Waals surface area contributed by atoms with Gasteiger partial charge in [-0.05, 0) is 30.5 Å². The van der Waals surface area contributed by atoms with Crippen molar-refractivity contribution in [2.24, 2.45) is 5.84 Å². The minimum atomic E-state index is -4.41. The lowest BCUT2D eigenvalue weighted by Crippen LogP contribution is -2.30. The van der Waals surface area contributed by atoms with E-state index in [2.05, 4.69) is 27.9 Å². The Labute approximate surface area is 119 Å². The summed E-state index contributed by atoms with van der Waals surface area (Å²) in [5.41, 5.74) is 2.73. The largest absolute Gasteiger partial charge is 0.416 e. The summed E-state index contributed by atoms with van der Waals surface area (Å²) in [4.78, 5) is 0. The van der Waals surface area contributed by atoms with Gasteiger partial charge in [0.25, 0.3) is 0 Å². The van der Waals surface area contributed by atoms with Crippen LogP contribution in [0.1, 0.15) is 36.9 Å². The second-order valence-corrected chi connectivity index (χ2v) is 5.17. The smallest absolute Gasteiger partial charge is 0.271 e. The van der Waals surface area contributed by atoms with E-state index in [-0.39, 0.29) is 5.56 Å². The van der Waals surface area contributed by atoms with Crippen LogP contribution in [0.3, 0.4) is 0 Å². The third-order valence-corrected chi connectivity index (χ3v) is 3.38. The van der Waals surface area contributed by atoms with E-state index in [1.807, 2.05) is 6.92 Å². The van der Waals surface area contributed by atoms with Crippen molar-refractivity contribution in [3.05, 3.63) is 46.0 Å². The molecule has 0 saturated carbocycles. The number of nitrogens with one attached hydrogen (secondary N) is 1. The van der Waals surface area contributed by atoms with Crippen LogP contribution in [0.25, 0.3) is 0 Å². The maximum Gasteiger partial charge on any atom is 0.416 e. The number of hydrazine groups is 1. The first-order chi connectivity index (χ1) is 8.79. The molecule has 0 heterocycles. The molecule has 3 N–H and O–H groups in total. The highest BCUT2D eigenvalue weighted by Crippen LogP contribution is 2.37. The summed E-state index contributed by atoms with van der Waals surface area (Å²) in [6.07, 6.45) is -3.34. The fourth-order valence-corrected chi connectivity index (χ4v) is 2.13. The summed E-state index contributed by atoms with van der Waals surface area (Å²) in [6.45, 7) is 5.71. The lowest BCUT2D eigenvalue weighted by molar-refractivity contribution is -0.138. The first-order valence-electron chi connectivity index (χ1n) is 5.79. The molecule has 0 aliphatic carbocycles. The molecule has 0 spiro atoms. The normalized spacial score (nSPS) is 13.4. The monoisotopic (exact) mass is 336 g/mol. The molecule has 2 nitrogen and oxygen atoms in total. The van der Waals surface area contributed by atoms with Crippen LogP contribution in [0, 0.1) is 0 Å². The maximum absolute atomic E-state index is 13.0. The Morgan fingerprint density at radius 2 is 2.11 bits per heavy atom. The van der Waals surface area contributed by atoms with Crippen molar-refractivity contribution >= 4 is 15.9 Å². The van der Waals surface area contributed by atoms with Crippen LogP contribution < -0.4 is 11.3 Å². The highest BCUT2D eigenvalue weighted by Gasteiger charge is 2.35. The summed E-state index contributed by atoms with van der Waals surface area (Å²) in [6, 6.07) is 3.47. The van der Waals surface area contributed by atoms with Gasteiger partial charge in [-0.2, -0.15) is 13.2 Å². The van der Waals surface area contributed by atoms with Gasteiger partial charge >= 0.3 is 6.18 Å². The van der Waals surface area contributed by atoms with E-state index >= 15 is 0 Å². The van der Waals surface area contributed by atoms with Crippen LogP contribution in [0.5, 0.6) is 0 Å². The lowest BCUT2D eigenvalue weighted by atomic mass is 9.94. The standard InChI is InChI=1S/C13H16BrF3N2/c1-3-8(2)6-12(19-18)10-5-4-9(14)7-11(10)13(15,16)17/h4-5,7,12,19H,2-3,6,18H2,1H3. The average Bonchev–Trinajstić information content (AvgIpc) is 2.34. The van der Waals surface area contributed by atoms with Gasteiger partial charge in [-0.15, -0.1) is 0 Å². The quantitative estimate of drug-likeness (QED) is 0.477. The van der Waals surface area contributed by atoms with E-state index in [0.29, 0.717) is 17.3 Å². The Hall–Kier alpha value is -0.850. The molecular formula is C13H16BrF3N2. The predicted octanol–water partition coefficient (Wildman–Crippen LogP) is 4.33. The number of alkyl halides is 3. The van der Waals surface area contributed by atoms with E-state index < -0.39 is 17.8 Å². The molecule has 0 aliphatic rings. The fourth-order valence-electron chi connectivity index (χ4n) is 1.77. The number of rotatable bonds is 5. The Morgan fingerprint density at radius 3 is 2.58 bits per heavy atom. The first-order valence-corrected chi connectivity index (χ1v) is 6.58. The molecule has 0 fully saturated rings. The zero-order valence-corrected chi connectivity index (χ0v) is 12.1. The van der Waals surface area contributed by atoms with Gasteiger partial charge < -0.3 is 0 Å². The van der Waals surface area contributed by atoms with E-state index in [4.69, 9.17) is 5.84 Å². The van der Waals surface area contributed by atoms with Gasteiger partial charge in [0.15, 0.2) is 0 Å². The Bertz CT molecular complexity index is 458. The highest BCUT2D eigenvalue weighted by molar-refractivity contribution is 9.10. The molecule has 0 radical (unpaired) electrons. The molecule has 0 bridgehead atoms. The lowest BCUT2D eigenvalue weighted by Gasteiger charge is -2.22. The van der Waals surface area contributed by atoms with E-state index in [0.717, 1.165) is 11.6 Å². The van der Waals surface area contributed by atoms with Gasteiger partial charge in [-0.25, -0.2) is 0 Å². The SMILES string of the molecule is C=C(CC)CC(NN)c1ccc(Br)cc1C(F)(F)F. The molecule has 0 amide bonds. The Balaban J connectivity index is 3.20. The molecule has 1 rings (SSSR count). The Kier molecular flexibility index (Phi) is 5.58. The molecule has 0 aliphatic heterocycles. The van der Waals surface area contributed by atoms with Gasteiger partial charge in [0, 0.05) is 4.47 Å². The van der Waals surface area contributed by atoms with Crippen LogP contribution in [0.4, 0.5) is 13.2 Å². The second kappa shape index (κ2) is 6.54. The van der Waals surface area contributed by atoms with E-state index in [9.17, 15) is 13.2 Å². The van der Waals surface area contributed by atoms with Crippen molar-refractivity contribution in [3.8, 4) is 0 Å². The van der Waals surface area contributed by atoms with Crippen LogP contribution in [0.2, 0.25) is 0 Å². The molecule has 1 unspecified atom stereocenters. The van der Waals surface area contributed by atoms with Gasteiger partial charge in [0.05, 0.1) is 11.6 Å². The average molecular weight is 337 g/mol. The van der Waals surface area contributed by atoms with Gasteiger partial charge in [-0.3, -0.25) is 11.3 Å². The third-order valence-electron chi connectivity index (χ3n) is 2.89. The zero-order chi connectivity index (χ0) is 14.6. The zero-order valence-electron chi connectivity index (χ0n) is 10.5. The van der Waals surface area contributed by atoms with Crippen molar-refractivity contribution in [2.75, 3.05) is 0 Å². The second-order valence-electron chi connectivity index (χ2n) is 4.26. The topological polar surface area (TPSA) is 38.0 Å². The van der Waals surface area contributed by atoms with Crippen molar-refractivity contribution in [2.45, 2.75) is 32.0 Å². The van der Waals surface area contributed by atoms with Crippen molar-refractivity contribution in [1.82, 2.24) is 5.43 Å².